The molecule has 4 aromatic rings. The zero-order valence-electron chi connectivity index (χ0n) is 17.2. The summed E-state index contributed by atoms with van der Waals surface area (Å²) in [4.78, 5) is 27.3. The van der Waals surface area contributed by atoms with Gasteiger partial charge in [-0.2, -0.15) is 0 Å². The second-order valence-corrected chi connectivity index (χ2v) is 8.26. The molecule has 2 aromatic carbocycles. The van der Waals surface area contributed by atoms with Crippen LogP contribution in [0.15, 0.2) is 71.5 Å². The van der Waals surface area contributed by atoms with E-state index >= 15 is 0 Å². The number of fused-ring (bicyclic) bond motifs is 1. The molecule has 0 saturated carbocycles. The van der Waals surface area contributed by atoms with E-state index in [4.69, 9.17) is 21.6 Å². The summed E-state index contributed by atoms with van der Waals surface area (Å²) in [6.07, 6.45) is 0.692. The zero-order chi connectivity index (χ0) is 22.1. The van der Waals surface area contributed by atoms with E-state index in [1.165, 1.54) is 12.1 Å². The molecule has 0 saturated heterocycles. The van der Waals surface area contributed by atoms with E-state index in [1.807, 2.05) is 30.3 Å². The van der Waals surface area contributed by atoms with Gasteiger partial charge in [0.15, 0.2) is 0 Å². The van der Waals surface area contributed by atoms with Gasteiger partial charge >= 0.3 is 0 Å². The summed E-state index contributed by atoms with van der Waals surface area (Å²) in [7, 11) is 0. The van der Waals surface area contributed by atoms with Crippen molar-refractivity contribution in [3.05, 3.63) is 105 Å². The minimum Gasteiger partial charge on any atom is -0.306 e. The van der Waals surface area contributed by atoms with E-state index in [2.05, 4.69) is 9.88 Å². The summed E-state index contributed by atoms with van der Waals surface area (Å²) in [6.45, 7) is 1.92. The summed E-state index contributed by atoms with van der Waals surface area (Å²) < 4.78 is 13.2. The monoisotopic (exact) mass is 446 g/mol. The quantitative estimate of drug-likeness (QED) is 0.486. The number of aromatic amines is 1. The van der Waals surface area contributed by atoms with Crippen molar-refractivity contribution in [1.29, 1.82) is 0 Å². The third-order valence-electron chi connectivity index (χ3n) is 5.60. The largest absolute Gasteiger partial charge is 0.306 e. The Bertz CT molecular complexity index is 1320. The molecule has 1 aliphatic rings. The maximum Gasteiger partial charge on any atom is 0.255 e. The van der Waals surface area contributed by atoms with Gasteiger partial charge in [0.05, 0.1) is 22.6 Å². The molecule has 0 bridgehead atoms. The van der Waals surface area contributed by atoms with E-state index in [0.29, 0.717) is 35.9 Å². The van der Waals surface area contributed by atoms with Crippen LogP contribution in [0.3, 0.4) is 0 Å². The molecule has 0 amide bonds. The highest BCUT2D eigenvalue weighted by Gasteiger charge is 2.22. The van der Waals surface area contributed by atoms with Gasteiger partial charge in [-0.05, 0) is 60.7 Å². The average molecular weight is 447 g/mol. The first kappa shape index (κ1) is 20.5. The first-order chi connectivity index (χ1) is 15.5. The molecule has 3 heterocycles. The molecule has 1 N–H and O–H groups in total. The van der Waals surface area contributed by atoms with Crippen molar-refractivity contribution in [2.45, 2.75) is 19.5 Å². The minimum atomic E-state index is -0.269. The van der Waals surface area contributed by atoms with Crippen molar-refractivity contribution in [3.63, 3.8) is 0 Å². The lowest BCUT2D eigenvalue weighted by Crippen LogP contribution is -2.35. The molecule has 160 valence electrons. The SMILES string of the molecule is O=c1[nH]c(-c2ccc(Cl)cc2)nc2c1CN(Cc1cccc(-c3ccc(F)cc3)n1)CC2. The molecule has 5 rings (SSSR count). The third-order valence-corrected chi connectivity index (χ3v) is 5.85. The van der Waals surface area contributed by atoms with Gasteiger partial charge in [0.2, 0.25) is 0 Å². The van der Waals surface area contributed by atoms with Crippen LogP contribution in [0.2, 0.25) is 5.02 Å². The summed E-state index contributed by atoms with van der Waals surface area (Å²) in [5, 5.41) is 0.641. The van der Waals surface area contributed by atoms with Crippen LogP contribution in [0.1, 0.15) is 17.0 Å². The molecular formula is C25H20ClFN4O. The van der Waals surface area contributed by atoms with Crippen LogP contribution in [0.5, 0.6) is 0 Å². The van der Waals surface area contributed by atoms with Crippen molar-refractivity contribution >= 4 is 11.6 Å². The molecule has 0 fully saturated rings. The number of H-pyrrole nitrogens is 1. The number of hydrogen-bond acceptors (Lipinski definition) is 4. The van der Waals surface area contributed by atoms with Gasteiger partial charge in [-0.25, -0.2) is 9.37 Å². The molecule has 0 aliphatic carbocycles. The highest BCUT2D eigenvalue weighted by Crippen LogP contribution is 2.22. The average Bonchev–Trinajstić information content (AvgIpc) is 2.80. The number of nitrogens with one attached hydrogen (secondary N) is 1. The molecule has 0 unspecified atom stereocenters. The Balaban J connectivity index is 1.35. The normalized spacial score (nSPS) is 13.7. The second kappa shape index (κ2) is 8.65. The number of aromatic nitrogens is 3. The summed E-state index contributed by atoms with van der Waals surface area (Å²) in [6, 6.07) is 19.4. The molecule has 1 aliphatic heterocycles. The lowest BCUT2D eigenvalue weighted by atomic mass is 10.1. The summed E-state index contributed by atoms with van der Waals surface area (Å²) >= 11 is 5.96. The number of hydrogen-bond donors (Lipinski definition) is 1. The number of benzene rings is 2. The molecule has 0 radical (unpaired) electrons. The van der Waals surface area contributed by atoms with Crippen molar-refractivity contribution in [2.24, 2.45) is 0 Å². The van der Waals surface area contributed by atoms with Gasteiger partial charge in [0.1, 0.15) is 11.6 Å². The topological polar surface area (TPSA) is 61.9 Å². The Morgan fingerprint density at radius 3 is 2.50 bits per heavy atom. The molecule has 32 heavy (non-hydrogen) atoms. The van der Waals surface area contributed by atoms with Crippen molar-refractivity contribution in [1.82, 2.24) is 19.9 Å². The number of halogens is 2. The molecule has 0 atom stereocenters. The maximum absolute atomic E-state index is 13.2. The second-order valence-electron chi connectivity index (χ2n) is 7.83. The van der Waals surface area contributed by atoms with E-state index < -0.39 is 0 Å². The first-order valence-corrected chi connectivity index (χ1v) is 10.8. The fourth-order valence-corrected chi connectivity index (χ4v) is 4.06. The van der Waals surface area contributed by atoms with Gasteiger partial charge < -0.3 is 4.98 Å². The van der Waals surface area contributed by atoms with E-state index in [-0.39, 0.29) is 11.4 Å². The summed E-state index contributed by atoms with van der Waals surface area (Å²) in [5.74, 6) is 0.294. The van der Waals surface area contributed by atoms with Crippen LogP contribution in [0.25, 0.3) is 22.6 Å². The predicted octanol–water partition coefficient (Wildman–Crippen LogP) is 4.85. The fraction of sp³-hybridized carbons (Fsp3) is 0.160. The van der Waals surface area contributed by atoms with Crippen LogP contribution >= 0.6 is 11.6 Å². The number of rotatable bonds is 4. The van der Waals surface area contributed by atoms with E-state index in [0.717, 1.165) is 34.8 Å². The van der Waals surface area contributed by atoms with Gasteiger partial charge in [-0.1, -0.05) is 17.7 Å². The molecule has 0 spiro atoms. The maximum atomic E-state index is 13.2. The highest BCUT2D eigenvalue weighted by atomic mass is 35.5. The Labute approximate surface area is 189 Å². The lowest BCUT2D eigenvalue weighted by molar-refractivity contribution is 0.239. The molecular weight excluding hydrogens is 427 g/mol. The Kier molecular flexibility index (Phi) is 5.55. The van der Waals surface area contributed by atoms with E-state index in [1.54, 1.807) is 24.3 Å². The van der Waals surface area contributed by atoms with Crippen molar-refractivity contribution in [2.75, 3.05) is 6.54 Å². The van der Waals surface area contributed by atoms with Crippen molar-refractivity contribution < 1.29 is 4.39 Å². The van der Waals surface area contributed by atoms with Gasteiger partial charge in [-0.3, -0.25) is 14.7 Å². The molecule has 2 aromatic heterocycles. The zero-order valence-corrected chi connectivity index (χ0v) is 17.9. The Hall–Kier alpha value is -3.35. The molecule has 7 heteroatoms. The standard InChI is InChI=1S/C25H20ClFN4O/c26-18-8-4-17(5-9-18)24-29-23-12-13-31(15-21(23)25(32)30-24)14-20-2-1-3-22(28-20)16-6-10-19(27)11-7-16/h1-11H,12-15H2,(H,29,30,32). The minimum absolute atomic E-state index is 0.113. The third kappa shape index (κ3) is 4.33. The smallest absolute Gasteiger partial charge is 0.255 e. The van der Waals surface area contributed by atoms with E-state index in [9.17, 15) is 9.18 Å². The summed E-state index contributed by atoms with van der Waals surface area (Å²) in [5.41, 5.74) is 4.82. The lowest BCUT2D eigenvalue weighted by Gasteiger charge is -2.27. The fourth-order valence-electron chi connectivity index (χ4n) is 3.94. The Morgan fingerprint density at radius 2 is 1.72 bits per heavy atom. The van der Waals surface area contributed by atoms with Crippen LogP contribution in [0.4, 0.5) is 4.39 Å². The van der Waals surface area contributed by atoms with Crippen LogP contribution < -0.4 is 5.56 Å². The molecule has 5 nitrogen and oxygen atoms in total. The van der Waals surface area contributed by atoms with Crippen LogP contribution in [-0.2, 0) is 19.5 Å². The predicted molar refractivity (Wildman–Crippen MR) is 123 cm³/mol. The van der Waals surface area contributed by atoms with Gasteiger partial charge in [-0.15, -0.1) is 0 Å². The first-order valence-electron chi connectivity index (χ1n) is 10.4. The van der Waals surface area contributed by atoms with Gasteiger partial charge in [0, 0.05) is 42.2 Å². The van der Waals surface area contributed by atoms with Gasteiger partial charge in [0.25, 0.3) is 5.56 Å². The van der Waals surface area contributed by atoms with Crippen LogP contribution in [-0.4, -0.2) is 26.4 Å². The Morgan fingerprint density at radius 1 is 0.969 bits per heavy atom. The highest BCUT2D eigenvalue weighted by molar-refractivity contribution is 6.30. The van der Waals surface area contributed by atoms with Crippen LogP contribution in [0, 0.1) is 5.82 Å². The van der Waals surface area contributed by atoms with Crippen molar-refractivity contribution in [3.8, 4) is 22.6 Å². The number of nitrogens with zero attached hydrogens (tertiary/aromatic N) is 3. The number of pyridine rings is 1.